The number of hydrogen-bond donors (Lipinski definition) is 1. The van der Waals surface area contributed by atoms with Crippen LogP contribution in [0, 0.1) is 6.92 Å². The second-order valence-electron chi connectivity index (χ2n) is 6.62. The topological polar surface area (TPSA) is 87.1 Å². The Morgan fingerprint density at radius 3 is 2.39 bits per heavy atom. The second kappa shape index (κ2) is 7.99. The van der Waals surface area contributed by atoms with Gasteiger partial charge in [0, 0.05) is 38.6 Å². The third-order valence-electron chi connectivity index (χ3n) is 4.59. The molecule has 142 valence electrons. The Morgan fingerprint density at radius 2 is 1.75 bits per heavy atom. The molecule has 1 N–H and O–H groups in total. The largest absolute Gasteiger partial charge is 0.352 e. The molecule has 3 aromatic heterocycles. The Hall–Kier alpha value is -3.55. The fraction of sp³-hybridized carbons (Fsp3) is 0.250. The summed E-state index contributed by atoms with van der Waals surface area (Å²) in [6, 6.07) is 13.1. The molecule has 4 rings (SSSR count). The van der Waals surface area contributed by atoms with E-state index in [4.69, 9.17) is 0 Å². The summed E-state index contributed by atoms with van der Waals surface area (Å²) >= 11 is 0. The number of piperazine rings is 1. The number of aryl methyl sites for hydroxylation is 1. The number of amides is 1. The lowest BCUT2D eigenvalue weighted by molar-refractivity contribution is 0.0740. The van der Waals surface area contributed by atoms with Crippen LogP contribution in [0.1, 0.15) is 16.1 Å². The summed E-state index contributed by atoms with van der Waals surface area (Å²) in [4.78, 5) is 24.9. The molecule has 8 heteroatoms. The van der Waals surface area contributed by atoms with Crippen LogP contribution in [0.4, 0.5) is 17.5 Å². The first kappa shape index (κ1) is 17.8. The van der Waals surface area contributed by atoms with Crippen LogP contribution in [0.2, 0.25) is 0 Å². The molecule has 1 aliphatic heterocycles. The van der Waals surface area contributed by atoms with Crippen LogP contribution < -0.4 is 10.2 Å². The van der Waals surface area contributed by atoms with E-state index in [0.717, 1.165) is 17.2 Å². The highest BCUT2D eigenvalue weighted by Gasteiger charge is 2.23. The van der Waals surface area contributed by atoms with Crippen LogP contribution in [0.25, 0.3) is 0 Å². The minimum atomic E-state index is -0.0310. The Balaban J connectivity index is 1.34. The summed E-state index contributed by atoms with van der Waals surface area (Å²) in [5, 5.41) is 11.7. The van der Waals surface area contributed by atoms with Crippen molar-refractivity contribution in [2.75, 3.05) is 36.4 Å². The zero-order valence-electron chi connectivity index (χ0n) is 15.6. The number of carbonyl (C=O) groups is 1. The highest BCUT2D eigenvalue weighted by Crippen LogP contribution is 2.17. The zero-order valence-corrected chi connectivity index (χ0v) is 15.6. The van der Waals surface area contributed by atoms with Crippen molar-refractivity contribution < 1.29 is 4.79 Å². The fourth-order valence-corrected chi connectivity index (χ4v) is 3.02. The van der Waals surface area contributed by atoms with E-state index in [9.17, 15) is 4.79 Å². The van der Waals surface area contributed by atoms with Gasteiger partial charge in [0.2, 0.25) is 0 Å². The molecule has 0 unspecified atom stereocenters. The van der Waals surface area contributed by atoms with Gasteiger partial charge < -0.3 is 15.1 Å². The van der Waals surface area contributed by atoms with Crippen molar-refractivity contribution in [3.63, 3.8) is 0 Å². The molecule has 28 heavy (non-hydrogen) atoms. The molecule has 8 nitrogen and oxygen atoms in total. The van der Waals surface area contributed by atoms with Crippen molar-refractivity contribution >= 4 is 23.4 Å². The first-order valence-corrected chi connectivity index (χ1v) is 9.18. The lowest BCUT2D eigenvalue weighted by atomic mass is 10.2. The highest BCUT2D eigenvalue weighted by atomic mass is 16.2. The van der Waals surface area contributed by atoms with Gasteiger partial charge in [-0.3, -0.25) is 9.78 Å². The number of pyridine rings is 2. The van der Waals surface area contributed by atoms with E-state index in [1.54, 1.807) is 24.5 Å². The molecule has 4 heterocycles. The van der Waals surface area contributed by atoms with Crippen molar-refractivity contribution in [1.82, 2.24) is 25.1 Å². The molecule has 1 amide bonds. The first-order valence-electron chi connectivity index (χ1n) is 9.18. The van der Waals surface area contributed by atoms with Gasteiger partial charge >= 0.3 is 0 Å². The van der Waals surface area contributed by atoms with Crippen molar-refractivity contribution in [2.24, 2.45) is 0 Å². The number of aromatic nitrogens is 4. The van der Waals surface area contributed by atoms with Gasteiger partial charge in [-0.05, 0) is 42.8 Å². The lowest BCUT2D eigenvalue weighted by Gasteiger charge is -2.35. The van der Waals surface area contributed by atoms with Crippen molar-refractivity contribution in [1.29, 1.82) is 0 Å². The molecule has 0 aromatic carbocycles. The minimum Gasteiger partial charge on any atom is -0.352 e. The standard InChI is InChI=1S/C20H21N7O/c1-15-5-6-17(22-14-15)23-18-7-8-19(25-24-18)26-10-12-27(13-11-26)20(28)16-4-2-3-9-21-16/h2-9,14H,10-13H2,1H3,(H,22,23,24). The molecule has 0 bridgehead atoms. The van der Waals surface area contributed by atoms with Crippen molar-refractivity contribution in [3.8, 4) is 0 Å². The Labute approximate surface area is 163 Å². The van der Waals surface area contributed by atoms with Gasteiger partial charge in [-0.25, -0.2) is 4.98 Å². The van der Waals surface area contributed by atoms with Gasteiger partial charge in [-0.2, -0.15) is 0 Å². The molecule has 1 aliphatic rings. The third kappa shape index (κ3) is 4.06. The average Bonchev–Trinajstić information content (AvgIpc) is 2.76. The number of anilines is 3. The van der Waals surface area contributed by atoms with E-state index in [1.165, 1.54) is 0 Å². The molecule has 0 radical (unpaired) electrons. The van der Waals surface area contributed by atoms with Crippen molar-refractivity contribution in [3.05, 3.63) is 66.1 Å². The molecular formula is C20H21N7O. The predicted octanol–water partition coefficient (Wildman–Crippen LogP) is 2.28. The monoisotopic (exact) mass is 375 g/mol. The molecular weight excluding hydrogens is 354 g/mol. The maximum atomic E-state index is 12.5. The minimum absolute atomic E-state index is 0.0310. The van der Waals surface area contributed by atoms with Gasteiger partial charge in [0.15, 0.2) is 11.6 Å². The van der Waals surface area contributed by atoms with Gasteiger partial charge in [-0.1, -0.05) is 12.1 Å². The SMILES string of the molecule is Cc1ccc(Nc2ccc(N3CCN(C(=O)c4ccccn4)CC3)nn2)nc1. The van der Waals surface area contributed by atoms with E-state index in [-0.39, 0.29) is 5.91 Å². The molecule has 1 fully saturated rings. The maximum absolute atomic E-state index is 12.5. The fourth-order valence-electron chi connectivity index (χ4n) is 3.02. The summed E-state index contributed by atoms with van der Waals surface area (Å²) < 4.78 is 0. The Bertz CT molecular complexity index is 921. The van der Waals surface area contributed by atoms with Gasteiger partial charge in [-0.15, -0.1) is 10.2 Å². The molecule has 3 aromatic rings. The summed E-state index contributed by atoms with van der Waals surface area (Å²) in [7, 11) is 0. The lowest BCUT2D eigenvalue weighted by Crippen LogP contribution is -2.49. The Morgan fingerprint density at radius 1 is 0.929 bits per heavy atom. The van der Waals surface area contributed by atoms with E-state index in [0.29, 0.717) is 37.7 Å². The van der Waals surface area contributed by atoms with Gasteiger partial charge in [0.25, 0.3) is 5.91 Å². The third-order valence-corrected chi connectivity index (χ3v) is 4.59. The van der Waals surface area contributed by atoms with Crippen LogP contribution >= 0.6 is 0 Å². The van der Waals surface area contributed by atoms with Crippen LogP contribution in [0.15, 0.2) is 54.9 Å². The zero-order chi connectivity index (χ0) is 19.3. The second-order valence-corrected chi connectivity index (χ2v) is 6.62. The highest BCUT2D eigenvalue weighted by molar-refractivity contribution is 5.92. The summed E-state index contributed by atoms with van der Waals surface area (Å²) in [5.74, 6) is 2.14. The molecule has 0 spiro atoms. The Kier molecular flexibility index (Phi) is 5.09. The average molecular weight is 375 g/mol. The van der Waals surface area contributed by atoms with Crippen LogP contribution in [-0.2, 0) is 0 Å². The molecule has 0 atom stereocenters. The van der Waals surface area contributed by atoms with Crippen LogP contribution in [0.3, 0.4) is 0 Å². The van der Waals surface area contributed by atoms with Gasteiger partial charge in [0.05, 0.1) is 0 Å². The number of carbonyl (C=O) groups excluding carboxylic acids is 1. The van der Waals surface area contributed by atoms with E-state index in [2.05, 4.69) is 30.4 Å². The number of rotatable bonds is 4. The number of nitrogens with zero attached hydrogens (tertiary/aromatic N) is 6. The summed E-state index contributed by atoms with van der Waals surface area (Å²) in [5.41, 5.74) is 1.59. The van der Waals surface area contributed by atoms with Gasteiger partial charge in [0.1, 0.15) is 11.5 Å². The summed E-state index contributed by atoms with van der Waals surface area (Å²) in [6.45, 7) is 4.67. The van der Waals surface area contributed by atoms with Crippen LogP contribution in [-0.4, -0.2) is 57.2 Å². The van der Waals surface area contributed by atoms with E-state index < -0.39 is 0 Å². The number of nitrogens with one attached hydrogen (secondary N) is 1. The number of hydrogen-bond acceptors (Lipinski definition) is 7. The summed E-state index contributed by atoms with van der Waals surface area (Å²) in [6.07, 6.45) is 3.44. The molecule has 0 aliphatic carbocycles. The van der Waals surface area contributed by atoms with E-state index >= 15 is 0 Å². The molecule has 0 saturated carbocycles. The first-order chi connectivity index (χ1) is 13.7. The maximum Gasteiger partial charge on any atom is 0.272 e. The van der Waals surface area contributed by atoms with Crippen LogP contribution in [0.5, 0.6) is 0 Å². The molecule has 1 saturated heterocycles. The predicted molar refractivity (Wildman–Crippen MR) is 107 cm³/mol. The van der Waals surface area contributed by atoms with Crippen molar-refractivity contribution in [2.45, 2.75) is 6.92 Å². The van der Waals surface area contributed by atoms with E-state index in [1.807, 2.05) is 42.2 Å². The normalized spacial score (nSPS) is 14.0. The smallest absolute Gasteiger partial charge is 0.272 e. The quantitative estimate of drug-likeness (QED) is 0.748.